The molecule has 2 heterocycles. The number of nitrogens with zero attached hydrogens (tertiary/aromatic N) is 4. The molecule has 0 unspecified atom stereocenters. The van der Waals surface area contributed by atoms with Crippen molar-refractivity contribution < 1.29 is 19.5 Å². The van der Waals surface area contributed by atoms with Crippen molar-refractivity contribution >= 4 is 29.2 Å². The van der Waals surface area contributed by atoms with Crippen molar-refractivity contribution in [1.82, 2.24) is 19.6 Å². The SMILES string of the molecule is CCn1ccc(C(=O)Nc2cccc(NC(=O)CCn3nccc3C(=O)O)c2)n1. The first kappa shape index (κ1) is 19.8. The van der Waals surface area contributed by atoms with Crippen molar-refractivity contribution in [2.75, 3.05) is 10.6 Å². The van der Waals surface area contributed by atoms with Crippen molar-refractivity contribution in [3.63, 3.8) is 0 Å². The molecule has 0 radical (unpaired) electrons. The van der Waals surface area contributed by atoms with E-state index >= 15 is 0 Å². The molecule has 0 fully saturated rings. The van der Waals surface area contributed by atoms with Crippen molar-refractivity contribution in [3.8, 4) is 0 Å². The molecule has 3 aromatic rings. The summed E-state index contributed by atoms with van der Waals surface area (Å²) < 4.78 is 2.91. The number of rotatable bonds is 8. The Hall–Kier alpha value is -3.95. The fourth-order valence-electron chi connectivity index (χ4n) is 2.65. The highest BCUT2D eigenvalue weighted by Gasteiger charge is 2.12. The molecule has 0 bridgehead atoms. The quantitative estimate of drug-likeness (QED) is 0.534. The fraction of sp³-hybridized carbons (Fsp3) is 0.211. The fourth-order valence-corrected chi connectivity index (χ4v) is 2.65. The first-order chi connectivity index (χ1) is 14.0. The van der Waals surface area contributed by atoms with E-state index in [4.69, 9.17) is 5.11 Å². The summed E-state index contributed by atoms with van der Waals surface area (Å²) in [6.45, 7) is 2.73. The monoisotopic (exact) mass is 396 g/mol. The number of anilines is 2. The average molecular weight is 396 g/mol. The number of aromatic nitrogens is 4. The van der Waals surface area contributed by atoms with Gasteiger partial charge in [0.2, 0.25) is 5.91 Å². The molecule has 3 rings (SSSR count). The summed E-state index contributed by atoms with van der Waals surface area (Å²) in [5.74, 6) is -1.75. The summed E-state index contributed by atoms with van der Waals surface area (Å²) in [6.07, 6.45) is 3.14. The van der Waals surface area contributed by atoms with Gasteiger partial charge in [-0.1, -0.05) is 6.07 Å². The van der Waals surface area contributed by atoms with Gasteiger partial charge in [0.15, 0.2) is 5.69 Å². The average Bonchev–Trinajstić information content (AvgIpc) is 3.36. The Labute approximate surface area is 166 Å². The van der Waals surface area contributed by atoms with Crippen molar-refractivity contribution in [2.45, 2.75) is 26.4 Å². The topological polar surface area (TPSA) is 131 Å². The van der Waals surface area contributed by atoms with E-state index in [0.29, 0.717) is 23.6 Å². The molecule has 3 N–H and O–H groups in total. The van der Waals surface area contributed by atoms with Crippen molar-refractivity contribution in [3.05, 3.63) is 60.2 Å². The van der Waals surface area contributed by atoms with E-state index in [9.17, 15) is 14.4 Å². The third-order valence-corrected chi connectivity index (χ3v) is 4.09. The molecule has 0 saturated carbocycles. The first-order valence-corrected chi connectivity index (χ1v) is 8.96. The maximum atomic E-state index is 12.3. The number of carboxylic acids is 1. The van der Waals surface area contributed by atoms with Crippen LogP contribution in [0.15, 0.2) is 48.8 Å². The molecule has 150 valence electrons. The molecule has 29 heavy (non-hydrogen) atoms. The Morgan fingerprint density at radius 3 is 2.55 bits per heavy atom. The van der Waals surface area contributed by atoms with Crippen LogP contribution in [0.3, 0.4) is 0 Å². The number of carbonyl (C=O) groups is 3. The first-order valence-electron chi connectivity index (χ1n) is 8.96. The third kappa shape index (κ3) is 5.06. The van der Waals surface area contributed by atoms with Crippen LogP contribution in [-0.4, -0.2) is 42.5 Å². The van der Waals surface area contributed by atoms with Crippen LogP contribution in [0.1, 0.15) is 34.3 Å². The van der Waals surface area contributed by atoms with Gasteiger partial charge in [-0.25, -0.2) is 4.79 Å². The highest BCUT2D eigenvalue weighted by atomic mass is 16.4. The molecule has 0 aliphatic rings. The Kier molecular flexibility index (Phi) is 6.03. The second kappa shape index (κ2) is 8.83. The lowest BCUT2D eigenvalue weighted by Crippen LogP contribution is -2.18. The molecular formula is C19H20N6O4. The minimum Gasteiger partial charge on any atom is -0.477 e. The largest absolute Gasteiger partial charge is 0.477 e. The van der Waals surface area contributed by atoms with Gasteiger partial charge in [-0.05, 0) is 37.3 Å². The van der Waals surface area contributed by atoms with E-state index in [0.717, 1.165) is 0 Å². The van der Waals surface area contributed by atoms with Crippen LogP contribution in [-0.2, 0) is 17.9 Å². The Morgan fingerprint density at radius 1 is 1.10 bits per heavy atom. The smallest absolute Gasteiger partial charge is 0.354 e. The molecule has 10 heteroatoms. The zero-order valence-corrected chi connectivity index (χ0v) is 15.7. The van der Waals surface area contributed by atoms with Gasteiger partial charge in [-0.2, -0.15) is 10.2 Å². The lowest BCUT2D eigenvalue weighted by Gasteiger charge is -2.09. The molecular weight excluding hydrogens is 376 g/mol. The van der Waals surface area contributed by atoms with Gasteiger partial charge in [0.25, 0.3) is 5.91 Å². The van der Waals surface area contributed by atoms with Gasteiger partial charge >= 0.3 is 5.97 Å². The summed E-state index contributed by atoms with van der Waals surface area (Å²) >= 11 is 0. The summed E-state index contributed by atoms with van der Waals surface area (Å²) in [5, 5.41) is 22.6. The van der Waals surface area contributed by atoms with Crippen molar-refractivity contribution in [1.29, 1.82) is 0 Å². The molecule has 0 atom stereocenters. The highest BCUT2D eigenvalue weighted by Crippen LogP contribution is 2.16. The summed E-state index contributed by atoms with van der Waals surface area (Å²) in [5.41, 5.74) is 1.34. The maximum Gasteiger partial charge on any atom is 0.354 e. The van der Waals surface area contributed by atoms with E-state index in [-0.39, 0.29) is 30.5 Å². The maximum absolute atomic E-state index is 12.3. The van der Waals surface area contributed by atoms with Gasteiger partial charge in [-0.3, -0.25) is 19.0 Å². The number of hydrogen-bond donors (Lipinski definition) is 3. The van der Waals surface area contributed by atoms with Crippen LogP contribution in [0.2, 0.25) is 0 Å². The molecule has 2 amide bonds. The zero-order valence-electron chi connectivity index (χ0n) is 15.7. The van der Waals surface area contributed by atoms with E-state index in [1.165, 1.54) is 16.9 Å². The van der Waals surface area contributed by atoms with E-state index in [1.807, 2.05) is 6.92 Å². The predicted molar refractivity (Wildman–Crippen MR) is 105 cm³/mol. The van der Waals surface area contributed by atoms with Crippen LogP contribution in [0.4, 0.5) is 11.4 Å². The zero-order chi connectivity index (χ0) is 20.8. The minimum atomic E-state index is -1.10. The van der Waals surface area contributed by atoms with E-state index < -0.39 is 5.97 Å². The van der Waals surface area contributed by atoms with E-state index in [1.54, 1.807) is 41.2 Å². The van der Waals surface area contributed by atoms with Crippen molar-refractivity contribution in [2.24, 2.45) is 0 Å². The number of aromatic carboxylic acids is 1. The Morgan fingerprint density at radius 2 is 1.86 bits per heavy atom. The Balaban J connectivity index is 1.57. The predicted octanol–water partition coefficient (Wildman–Crippen LogP) is 2.08. The molecule has 0 spiro atoms. The number of benzene rings is 1. The molecule has 1 aromatic carbocycles. The van der Waals surface area contributed by atoms with Gasteiger partial charge in [0.1, 0.15) is 5.69 Å². The lowest BCUT2D eigenvalue weighted by atomic mass is 10.2. The minimum absolute atomic E-state index is 0.0213. The number of aryl methyl sites for hydroxylation is 2. The third-order valence-electron chi connectivity index (χ3n) is 4.09. The molecule has 0 saturated heterocycles. The summed E-state index contributed by atoms with van der Waals surface area (Å²) in [4.78, 5) is 35.5. The molecule has 0 aliphatic heterocycles. The number of amides is 2. The second-order valence-corrected chi connectivity index (χ2v) is 6.13. The number of carbonyl (C=O) groups excluding carboxylic acids is 2. The van der Waals surface area contributed by atoms with Crippen LogP contribution >= 0.6 is 0 Å². The normalized spacial score (nSPS) is 10.5. The van der Waals surface area contributed by atoms with Crippen LogP contribution in [0, 0.1) is 0 Å². The van der Waals surface area contributed by atoms with Gasteiger partial charge < -0.3 is 15.7 Å². The van der Waals surface area contributed by atoms with Gasteiger partial charge in [0, 0.05) is 36.7 Å². The standard InChI is InChI=1S/C19H20N6O4/c1-2-24-10-7-15(23-24)18(27)22-14-5-3-4-13(12-14)21-17(26)8-11-25-16(19(28)29)6-9-20-25/h3-7,9-10,12H,2,8,11H2,1H3,(H,21,26)(H,22,27)(H,28,29). The molecule has 2 aromatic heterocycles. The Bertz CT molecular complexity index is 1040. The lowest BCUT2D eigenvalue weighted by molar-refractivity contribution is -0.116. The van der Waals surface area contributed by atoms with Crippen LogP contribution in [0.5, 0.6) is 0 Å². The van der Waals surface area contributed by atoms with Gasteiger partial charge in [-0.15, -0.1) is 0 Å². The van der Waals surface area contributed by atoms with Gasteiger partial charge in [0.05, 0.1) is 6.54 Å². The second-order valence-electron chi connectivity index (χ2n) is 6.13. The summed E-state index contributed by atoms with van der Waals surface area (Å²) in [7, 11) is 0. The molecule has 0 aliphatic carbocycles. The summed E-state index contributed by atoms with van der Waals surface area (Å²) in [6, 6.07) is 9.72. The molecule has 10 nitrogen and oxygen atoms in total. The number of nitrogens with one attached hydrogen (secondary N) is 2. The van der Waals surface area contributed by atoms with Crippen LogP contribution < -0.4 is 10.6 Å². The van der Waals surface area contributed by atoms with Crippen LogP contribution in [0.25, 0.3) is 0 Å². The number of carboxylic acid groups (broad SMARTS) is 1. The van der Waals surface area contributed by atoms with E-state index in [2.05, 4.69) is 20.8 Å². The number of hydrogen-bond acceptors (Lipinski definition) is 5. The highest BCUT2D eigenvalue weighted by molar-refractivity contribution is 6.03.